The van der Waals surface area contributed by atoms with Crippen LogP contribution >= 0.6 is 0 Å². The van der Waals surface area contributed by atoms with E-state index in [-0.39, 0.29) is 11.8 Å². The van der Waals surface area contributed by atoms with Gasteiger partial charge in [-0.2, -0.15) is 0 Å². The van der Waals surface area contributed by atoms with Crippen molar-refractivity contribution in [1.82, 2.24) is 9.72 Å². The zero-order chi connectivity index (χ0) is 10.8. The number of fused-ring (bicyclic) bond motifs is 1. The van der Waals surface area contributed by atoms with E-state index in [4.69, 9.17) is 0 Å². The first-order chi connectivity index (χ1) is 7.24. The van der Waals surface area contributed by atoms with E-state index in [1.807, 2.05) is 48.0 Å². The Morgan fingerprint density at radius 1 is 1.33 bits per heavy atom. The van der Waals surface area contributed by atoms with E-state index in [0.29, 0.717) is 0 Å². The third-order valence-electron chi connectivity index (χ3n) is 2.66. The quantitative estimate of drug-likeness (QED) is 0.769. The number of aromatic nitrogens is 1. The van der Waals surface area contributed by atoms with Gasteiger partial charge in [-0.05, 0) is 32.2 Å². The molecule has 0 spiro atoms. The molecule has 2 rings (SSSR count). The molecule has 0 saturated heterocycles. The second-order valence-electron chi connectivity index (χ2n) is 3.60. The highest BCUT2D eigenvalue weighted by Crippen LogP contribution is 2.14. The number of hydrogen-bond donors (Lipinski definition) is 1. The van der Waals surface area contributed by atoms with Crippen molar-refractivity contribution < 1.29 is 4.79 Å². The highest BCUT2D eigenvalue weighted by atomic mass is 16.1. The first-order valence-corrected chi connectivity index (χ1v) is 5.01. The maximum absolute atomic E-state index is 12.0. The van der Waals surface area contributed by atoms with Gasteiger partial charge in [0.2, 0.25) is 0 Å². The predicted octanol–water partition coefficient (Wildman–Crippen LogP) is 1.73. The van der Waals surface area contributed by atoms with Crippen LogP contribution in [0.1, 0.15) is 17.3 Å². The van der Waals surface area contributed by atoms with Crippen molar-refractivity contribution in [3.63, 3.8) is 0 Å². The van der Waals surface area contributed by atoms with Crippen molar-refractivity contribution in [3.05, 3.63) is 42.2 Å². The van der Waals surface area contributed by atoms with Gasteiger partial charge in [0.05, 0.1) is 11.6 Å². The molecule has 1 N–H and O–H groups in total. The molecule has 3 heteroatoms. The van der Waals surface area contributed by atoms with Crippen LogP contribution in [0.15, 0.2) is 36.7 Å². The number of carbonyl (C=O) groups excluding carboxylic acids is 1. The van der Waals surface area contributed by atoms with Gasteiger partial charge in [0.1, 0.15) is 0 Å². The van der Waals surface area contributed by atoms with E-state index in [9.17, 15) is 4.79 Å². The Hall–Kier alpha value is -1.61. The minimum Gasteiger partial charge on any atom is -0.323 e. The molecule has 2 aromatic rings. The number of ketones is 1. The Bertz CT molecular complexity index is 487. The van der Waals surface area contributed by atoms with Crippen LogP contribution in [-0.2, 0) is 0 Å². The van der Waals surface area contributed by atoms with Gasteiger partial charge in [-0.3, -0.25) is 4.79 Å². The summed E-state index contributed by atoms with van der Waals surface area (Å²) >= 11 is 0. The minimum atomic E-state index is -0.142. The van der Waals surface area contributed by atoms with Crippen molar-refractivity contribution in [2.75, 3.05) is 7.05 Å². The molecule has 0 radical (unpaired) electrons. The van der Waals surface area contributed by atoms with Gasteiger partial charge >= 0.3 is 0 Å². The number of nitrogens with one attached hydrogen (secondary N) is 1. The summed E-state index contributed by atoms with van der Waals surface area (Å²) in [5.74, 6) is 0.131. The van der Waals surface area contributed by atoms with Gasteiger partial charge in [0.25, 0.3) is 0 Å². The first kappa shape index (κ1) is 9.93. The van der Waals surface area contributed by atoms with Crippen LogP contribution in [0.25, 0.3) is 5.52 Å². The summed E-state index contributed by atoms with van der Waals surface area (Å²) in [5.41, 5.74) is 1.74. The average molecular weight is 202 g/mol. The molecular weight excluding hydrogens is 188 g/mol. The van der Waals surface area contributed by atoms with Gasteiger partial charge < -0.3 is 9.72 Å². The van der Waals surface area contributed by atoms with Crippen molar-refractivity contribution in [3.8, 4) is 0 Å². The molecule has 0 amide bonds. The minimum absolute atomic E-state index is 0.131. The SMILES string of the molecule is CNC(C)C(=O)c1ccn2ccccc12. The van der Waals surface area contributed by atoms with Gasteiger partial charge in [-0.25, -0.2) is 0 Å². The van der Waals surface area contributed by atoms with E-state index in [1.54, 1.807) is 7.05 Å². The van der Waals surface area contributed by atoms with E-state index in [2.05, 4.69) is 5.32 Å². The van der Waals surface area contributed by atoms with Crippen LogP contribution in [0.3, 0.4) is 0 Å². The number of likely N-dealkylation sites (N-methyl/N-ethyl adjacent to an activating group) is 1. The summed E-state index contributed by atoms with van der Waals surface area (Å²) in [4.78, 5) is 12.0. The van der Waals surface area contributed by atoms with Crippen LogP contribution in [-0.4, -0.2) is 23.3 Å². The molecule has 0 aliphatic rings. The lowest BCUT2D eigenvalue weighted by molar-refractivity contribution is 0.0957. The van der Waals surface area contributed by atoms with Gasteiger partial charge in [0, 0.05) is 18.0 Å². The Labute approximate surface area is 88.7 Å². The normalized spacial score (nSPS) is 12.9. The number of carbonyl (C=O) groups is 1. The molecule has 0 aliphatic carbocycles. The van der Waals surface area contributed by atoms with Crippen LogP contribution in [0.5, 0.6) is 0 Å². The Kier molecular flexibility index (Phi) is 2.56. The summed E-state index contributed by atoms with van der Waals surface area (Å²) in [7, 11) is 1.79. The highest BCUT2D eigenvalue weighted by Gasteiger charge is 2.16. The number of rotatable bonds is 3. The standard InChI is InChI=1S/C12H14N2O/c1-9(13-2)12(15)10-6-8-14-7-4-3-5-11(10)14/h3-9,13H,1-2H3. The molecule has 2 aromatic heterocycles. The van der Waals surface area contributed by atoms with Crippen molar-refractivity contribution in [2.24, 2.45) is 0 Å². The molecule has 0 bridgehead atoms. The van der Waals surface area contributed by atoms with Crippen LogP contribution < -0.4 is 5.32 Å². The number of pyridine rings is 1. The maximum Gasteiger partial charge on any atom is 0.181 e. The molecule has 78 valence electrons. The fourth-order valence-electron chi connectivity index (χ4n) is 1.63. The lowest BCUT2D eigenvalue weighted by Gasteiger charge is -2.07. The molecular formula is C12H14N2O. The van der Waals surface area contributed by atoms with E-state index >= 15 is 0 Å². The molecule has 0 aliphatic heterocycles. The van der Waals surface area contributed by atoms with Crippen LogP contribution in [0.2, 0.25) is 0 Å². The Balaban J connectivity index is 2.48. The fourth-order valence-corrected chi connectivity index (χ4v) is 1.63. The van der Waals surface area contributed by atoms with E-state index < -0.39 is 0 Å². The first-order valence-electron chi connectivity index (χ1n) is 5.01. The number of Topliss-reactive ketones (excluding diaryl/α,β-unsaturated/α-hetero) is 1. The number of nitrogens with zero attached hydrogens (tertiary/aromatic N) is 1. The largest absolute Gasteiger partial charge is 0.323 e. The molecule has 2 heterocycles. The zero-order valence-electron chi connectivity index (χ0n) is 8.90. The lowest BCUT2D eigenvalue weighted by atomic mass is 10.1. The molecule has 15 heavy (non-hydrogen) atoms. The molecule has 1 unspecified atom stereocenters. The second-order valence-corrected chi connectivity index (χ2v) is 3.60. The summed E-state index contributed by atoms with van der Waals surface area (Å²) in [5, 5.41) is 2.96. The molecule has 0 aromatic carbocycles. The maximum atomic E-state index is 12.0. The molecule has 1 atom stereocenters. The van der Waals surface area contributed by atoms with Gasteiger partial charge in [-0.1, -0.05) is 6.07 Å². The lowest BCUT2D eigenvalue weighted by Crippen LogP contribution is -2.30. The number of hydrogen-bond acceptors (Lipinski definition) is 2. The zero-order valence-corrected chi connectivity index (χ0v) is 8.90. The summed E-state index contributed by atoms with van der Waals surface area (Å²) in [6.45, 7) is 1.87. The van der Waals surface area contributed by atoms with Crippen LogP contribution in [0, 0.1) is 0 Å². The van der Waals surface area contributed by atoms with Crippen molar-refractivity contribution in [1.29, 1.82) is 0 Å². The predicted molar refractivity (Wildman–Crippen MR) is 60.2 cm³/mol. The molecule has 3 nitrogen and oxygen atoms in total. The van der Waals surface area contributed by atoms with Crippen molar-refractivity contribution >= 4 is 11.3 Å². The molecule has 0 saturated carbocycles. The van der Waals surface area contributed by atoms with Gasteiger partial charge in [-0.15, -0.1) is 0 Å². The van der Waals surface area contributed by atoms with E-state index in [0.717, 1.165) is 11.1 Å². The van der Waals surface area contributed by atoms with E-state index in [1.165, 1.54) is 0 Å². The van der Waals surface area contributed by atoms with Crippen LogP contribution in [0.4, 0.5) is 0 Å². The average Bonchev–Trinajstić information content (AvgIpc) is 2.70. The highest BCUT2D eigenvalue weighted by molar-refractivity contribution is 6.05. The molecule has 0 fully saturated rings. The monoisotopic (exact) mass is 202 g/mol. The third kappa shape index (κ3) is 1.66. The second kappa shape index (κ2) is 3.87. The Morgan fingerprint density at radius 3 is 2.87 bits per heavy atom. The summed E-state index contributed by atoms with van der Waals surface area (Å²) in [6.07, 6.45) is 3.85. The fraction of sp³-hybridized carbons (Fsp3) is 0.250. The van der Waals surface area contributed by atoms with Crippen molar-refractivity contribution in [2.45, 2.75) is 13.0 Å². The Morgan fingerprint density at radius 2 is 2.13 bits per heavy atom. The third-order valence-corrected chi connectivity index (χ3v) is 2.66. The summed E-state index contributed by atoms with van der Waals surface area (Å²) < 4.78 is 1.95. The topological polar surface area (TPSA) is 33.5 Å². The summed E-state index contributed by atoms with van der Waals surface area (Å²) in [6, 6.07) is 7.57. The smallest absolute Gasteiger partial charge is 0.181 e. The van der Waals surface area contributed by atoms with Gasteiger partial charge in [0.15, 0.2) is 5.78 Å².